The van der Waals surface area contributed by atoms with Crippen molar-refractivity contribution in [3.05, 3.63) is 58.9 Å². The molecule has 1 aromatic carbocycles. The highest BCUT2D eigenvalue weighted by Crippen LogP contribution is 2.31. The quantitative estimate of drug-likeness (QED) is 0.712. The van der Waals surface area contributed by atoms with Crippen LogP contribution in [0, 0.1) is 11.3 Å². The molecule has 1 aliphatic rings. The van der Waals surface area contributed by atoms with Crippen LogP contribution in [-0.2, 0) is 19.5 Å². The highest BCUT2D eigenvalue weighted by molar-refractivity contribution is 5.68. The standard InChI is InChI=1S/C21H25N7/c1-26(2)11-9-23-20-18(12-22)17-8-10-27(13-16-6-4-3-5-7-16)14-19(17)21-25-24-15-28(20)21/h3-7,15,23H,8-11,13-14H2,1-2H3. The zero-order valence-corrected chi connectivity index (χ0v) is 16.4. The molecule has 0 amide bonds. The van der Waals surface area contributed by atoms with Gasteiger partial charge < -0.3 is 10.2 Å². The van der Waals surface area contributed by atoms with E-state index in [4.69, 9.17) is 0 Å². The van der Waals surface area contributed by atoms with E-state index in [9.17, 15) is 5.26 Å². The lowest BCUT2D eigenvalue weighted by molar-refractivity contribution is 0.246. The number of benzene rings is 1. The van der Waals surface area contributed by atoms with Crippen molar-refractivity contribution in [3.8, 4) is 6.07 Å². The molecule has 1 N–H and O–H groups in total. The third-order valence-corrected chi connectivity index (χ3v) is 5.23. The molecule has 0 radical (unpaired) electrons. The summed E-state index contributed by atoms with van der Waals surface area (Å²) in [4.78, 5) is 4.52. The van der Waals surface area contributed by atoms with Gasteiger partial charge in [0.25, 0.3) is 0 Å². The van der Waals surface area contributed by atoms with Crippen LogP contribution in [0.25, 0.3) is 5.65 Å². The first kappa shape index (κ1) is 18.4. The summed E-state index contributed by atoms with van der Waals surface area (Å²) in [6, 6.07) is 12.9. The van der Waals surface area contributed by atoms with Gasteiger partial charge in [0.15, 0.2) is 5.65 Å². The molecular weight excluding hydrogens is 350 g/mol. The van der Waals surface area contributed by atoms with E-state index >= 15 is 0 Å². The molecule has 7 heteroatoms. The van der Waals surface area contributed by atoms with Crippen molar-refractivity contribution in [1.29, 1.82) is 5.26 Å². The van der Waals surface area contributed by atoms with Gasteiger partial charge in [-0.2, -0.15) is 5.26 Å². The van der Waals surface area contributed by atoms with E-state index in [0.717, 1.165) is 67.3 Å². The maximum absolute atomic E-state index is 9.91. The molecule has 0 unspecified atom stereocenters. The minimum absolute atomic E-state index is 0.723. The van der Waals surface area contributed by atoms with E-state index in [1.165, 1.54) is 5.56 Å². The molecule has 0 fully saturated rings. The van der Waals surface area contributed by atoms with Gasteiger partial charge in [0.05, 0.1) is 5.56 Å². The Kier molecular flexibility index (Phi) is 5.24. The van der Waals surface area contributed by atoms with Gasteiger partial charge in [0.2, 0.25) is 0 Å². The van der Waals surface area contributed by atoms with Gasteiger partial charge in [-0.3, -0.25) is 9.30 Å². The van der Waals surface area contributed by atoms with Crippen molar-refractivity contribution in [1.82, 2.24) is 24.4 Å². The van der Waals surface area contributed by atoms with Crippen molar-refractivity contribution < 1.29 is 0 Å². The first-order valence-corrected chi connectivity index (χ1v) is 9.60. The fraction of sp³-hybridized carbons (Fsp3) is 0.381. The number of anilines is 1. The van der Waals surface area contributed by atoms with Crippen molar-refractivity contribution in [2.45, 2.75) is 19.5 Å². The van der Waals surface area contributed by atoms with Crippen LogP contribution in [0.15, 0.2) is 36.7 Å². The first-order valence-electron chi connectivity index (χ1n) is 9.60. The number of rotatable bonds is 6. The first-order chi connectivity index (χ1) is 13.7. The molecule has 0 spiro atoms. The van der Waals surface area contributed by atoms with Crippen LogP contribution in [0.2, 0.25) is 0 Å². The number of likely N-dealkylation sites (N-methyl/N-ethyl adjacent to an activating group) is 1. The van der Waals surface area contributed by atoms with Gasteiger partial charge >= 0.3 is 0 Å². The lowest BCUT2D eigenvalue weighted by atomic mass is 9.95. The van der Waals surface area contributed by atoms with E-state index < -0.39 is 0 Å². The Labute approximate surface area is 165 Å². The number of fused-ring (bicyclic) bond motifs is 3. The molecule has 7 nitrogen and oxygen atoms in total. The Morgan fingerprint density at radius 1 is 1.21 bits per heavy atom. The summed E-state index contributed by atoms with van der Waals surface area (Å²) in [5.41, 5.74) is 5.10. The summed E-state index contributed by atoms with van der Waals surface area (Å²) < 4.78 is 1.93. The third kappa shape index (κ3) is 3.57. The van der Waals surface area contributed by atoms with Crippen LogP contribution in [0.4, 0.5) is 5.82 Å². The summed E-state index contributed by atoms with van der Waals surface area (Å²) in [7, 11) is 4.07. The molecule has 3 aromatic rings. The third-order valence-electron chi connectivity index (χ3n) is 5.23. The predicted molar refractivity (Wildman–Crippen MR) is 109 cm³/mol. The van der Waals surface area contributed by atoms with Gasteiger partial charge in [-0.25, -0.2) is 0 Å². The molecule has 1 aliphatic heterocycles. The van der Waals surface area contributed by atoms with Crippen molar-refractivity contribution in [2.75, 3.05) is 39.0 Å². The lowest BCUT2D eigenvalue weighted by Gasteiger charge is -2.30. The molecule has 0 saturated heterocycles. The Morgan fingerprint density at radius 2 is 2.04 bits per heavy atom. The van der Waals surface area contributed by atoms with Crippen molar-refractivity contribution in [3.63, 3.8) is 0 Å². The van der Waals surface area contributed by atoms with Crippen LogP contribution in [0.1, 0.15) is 22.3 Å². The van der Waals surface area contributed by atoms with Gasteiger partial charge in [0.1, 0.15) is 18.2 Å². The Bertz CT molecular complexity index is 1000. The number of nitrogens with one attached hydrogen (secondary N) is 1. The van der Waals surface area contributed by atoms with Crippen molar-refractivity contribution >= 4 is 11.5 Å². The molecular formula is C21H25N7. The fourth-order valence-electron chi connectivity index (χ4n) is 3.84. The van der Waals surface area contributed by atoms with Gasteiger partial charge in [-0.15, -0.1) is 10.2 Å². The maximum atomic E-state index is 9.91. The van der Waals surface area contributed by atoms with E-state index in [0.29, 0.717) is 0 Å². The zero-order valence-electron chi connectivity index (χ0n) is 16.4. The summed E-state index contributed by atoms with van der Waals surface area (Å²) in [5.74, 6) is 0.805. The zero-order chi connectivity index (χ0) is 19.5. The van der Waals surface area contributed by atoms with E-state index in [-0.39, 0.29) is 0 Å². The normalized spacial score (nSPS) is 14.2. The Balaban J connectivity index is 1.67. The second-order valence-corrected chi connectivity index (χ2v) is 7.49. The molecule has 2 aromatic heterocycles. The molecule has 0 saturated carbocycles. The van der Waals surface area contributed by atoms with E-state index in [1.807, 2.05) is 24.6 Å². The minimum atomic E-state index is 0.723. The average Bonchev–Trinajstić information content (AvgIpc) is 3.19. The number of pyridine rings is 1. The van der Waals surface area contributed by atoms with Crippen LogP contribution >= 0.6 is 0 Å². The summed E-state index contributed by atoms with van der Waals surface area (Å²) >= 11 is 0. The molecule has 0 bridgehead atoms. The Hall–Kier alpha value is -2.95. The highest BCUT2D eigenvalue weighted by Gasteiger charge is 2.26. The summed E-state index contributed by atoms with van der Waals surface area (Å²) in [6.45, 7) is 4.24. The van der Waals surface area contributed by atoms with Gasteiger partial charge in [0, 0.05) is 38.3 Å². The number of nitriles is 1. The predicted octanol–water partition coefficient (Wildman–Crippen LogP) is 2.13. The van der Waals surface area contributed by atoms with Crippen molar-refractivity contribution in [2.24, 2.45) is 0 Å². The molecule has 3 heterocycles. The SMILES string of the molecule is CN(C)CCNc1c(C#N)c2c(c3nncn13)CN(Cc1ccccc1)CC2. The van der Waals surface area contributed by atoms with Crippen LogP contribution in [0.5, 0.6) is 0 Å². The Morgan fingerprint density at radius 3 is 2.79 bits per heavy atom. The highest BCUT2D eigenvalue weighted by atomic mass is 15.3. The fourth-order valence-corrected chi connectivity index (χ4v) is 3.84. The van der Waals surface area contributed by atoms with E-state index in [2.05, 4.69) is 55.6 Å². The number of aromatic nitrogens is 3. The lowest BCUT2D eigenvalue weighted by Crippen LogP contribution is -2.32. The number of hydrogen-bond donors (Lipinski definition) is 1. The second kappa shape index (κ2) is 7.97. The van der Waals surface area contributed by atoms with E-state index in [1.54, 1.807) is 6.33 Å². The largest absolute Gasteiger partial charge is 0.369 e. The summed E-state index contributed by atoms with van der Waals surface area (Å²) in [5, 5.41) is 21.9. The molecule has 4 rings (SSSR count). The average molecular weight is 375 g/mol. The number of hydrogen-bond acceptors (Lipinski definition) is 6. The number of nitrogens with zero attached hydrogens (tertiary/aromatic N) is 6. The molecule has 0 atom stereocenters. The summed E-state index contributed by atoms with van der Waals surface area (Å²) in [6.07, 6.45) is 2.54. The minimum Gasteiger partial charge on any atom is -0.369 e. The smallest absolute Gasteiger partial charge is 0.167 e. The van der Waals surface area contributed by atoms with Crippen LogP contribution in [0.3, 0.4) is 0 Å². The van der Waals surface area contributed by atoms with Gasteiger partial charge in [-0.1, -0.05) is 30.3 Å². The second-order valence-electron chi connectivity index (χ2n) is 7.49. The van der Waals surface area contributed by atoms with Crippen LogP contribution < -0.4 is 5.32 Å². The molecule has 28 heavy (non-hydrogen) atoms. The molecule has 144 valence electrons. The monoisotopic (exact) mass is 375 g/mol. The molecule has 0 aliphatic carbocycles. The maximum Gasteiger partial charge on any atom is 0.167 e. The topological polar surface area (TPSA) is 72.5 Å². The van der Waals surface area contributed by atoms with Gasteiger partial charge in [-0.05, 0) is 31.6 Å². The van der Waals surface area contributed by atoms with Crippen LogP contribution in [-0.4, -0.2) is 58.1 Å².